The fourth-order valence-electron chi connectivity index (χ4n) is 1.81. The van der Waals surface area contributed by atoms with Crippen LogP contribution < -0.4 is 10.4 Å². The van der Waals surface area contributed by atoms with Gasteiger partial charge in [-0.3, -0.25) is 4.90 Å². The van der Waals surface area contributed by atoms with Crippen LogP contribution in [0.1, 0.15) is 20.8 Å². The fourth-order valence-corrected chi connectivity index (χ4v) is 1.81. The molecule has 0 aromatic heterocycles. The zero-order chi connectivity index (χ0) is 13.9. The molecule has 0 saturated carbocycles. The van der Waals surface area contributed by atoms with Crippen LogP contribution in [0.3, 0.4) is 0 Å². The van der Waals surface area contributed by atoms with Crippen molar-refractivity contribution in [2.24, 2.45) is 0 Å². The van der Waals surface area contributed by atoms with Crippen LogP contribution in [0.5, 0.6) is 0 Å². The molecule has 0 radical (unpaired) electrons. The van der Waals surface area contributed by atoms with E-state index in [2.05, 4.69) is 6.07 Å². The van der Waals surface area contributed by atoms with Crippen molar-refractivity contribution in [1.82, 2.24) is 4.90 Å². The Bertz CT molecular complexity index is 608. The second-order valence-corrected chi connectivity index (χ2v) is 5.47. The topological polar surface area (TPSA) is 29.5 Å². The molecule has 0 bridgehead atoms. The van der Waals surface area contributed by atoms with E-state index in [1.165, 1.54) is 0 Å². The molecule has 1 aliphatic heterocycles. The maximum atomic E-state index is 12.0. The summed E-state index contributed by atoms with van der Waals surface area (Å²) in [4.78, 5) is 13.6. The monoisotopic (exact) mass is 257 g/mol. The zero-order valence-electron chi connectivity index (χ0n) is 11.6. The third-order valence-electron chi connectivity index (χ3n) is 2.67. The van der Waals surface area contributed by atoms with Crippen molar-refractivity contribution in [3.8, 4) is 0 Å². The maximum absolute atomic E-state index is 12.0. The Hall–Kier alpha value is -2.03. The molecule has 0 aliphatic carbocycles. The number of carbonyl (C=O) groups excluding carboxylic acids is 1. The summed E-state index contributed by atoms with van der Waals surface area (Å²) in [5, 5.41) is 2.28. The first-order chi connectivity index (χ1) is 8.96. The molecule has 1 aromatic carbocycles. The quantitative estimate of drug-likeness (QED) is 0.711. The highest BCUT2D eigenvalue weighted by Crippen LogP contribution is 2.10. The number of hydrogen-bond acceptors (Lipinski definition) is 2. The lowest BCUT2D eigenvalue weighted by Crippen LogP contribution is -2.35. The second kappa shape index (κ2) is 5.31. The van der Waals surface area contributed by atoms with E-state index < -0.39 is 5.60 Å². The van der Waals surface area contributed by atoms with E-state index in [1.54, 1.807) is 11.1 Å². The molecule has 3 heteroatoms. The van der Waals surface area contributed by atoms with Gasteiger partial charge in [-0.15, -0.1) is 0 Å². The molecule has 3 nitrogen and oxygen atoms in total. The molecule has 1 aliphatic rings. The summed E-state index contributed by atoms with van der Waals surface area (Å²) >= 11 is 0. The number of allylic oxidation sites excluding steroid dienone is 1. The summed E-state index contributed by atoms with van der Waals surface area (Å²) in [5.74, 6) is 0. The van der Waals surface area contributed by atoms with Gasteiger partial charge < -0.3 is 4.74 Å². The highest BCUT2D eigenvalue weighted by molar-refractivity contribution is 5.71. The molecule has 0 spiro atoms. The summed E-state index contributed by atoms with van der Waals surface area (Å²) < 4.78 is 5.36. The van der Waals surface area contributed by atoms with Gasteiger partial charge in [0.05, 0.1) is 0 Å². The van der Waals surface area contributed by atoms with Gasteiger partial charge in [0.15, 0.2) is 0 Å². The SMILES string of the molecule is CC(C)(C)OC(=O)N1C=CC=c2ccccc2=CC1. The molecule has 0 unspecified atom stereocenters. The van der Waals surface area contributed by atoms with Crippen LogP contribution in [0.2, 0.25) is 0 Å². The minimum absolute atomic E-state index is 0.326. The van der Waals surface area contributed by atoms with E-state index in [0.717, 1.165) is 10.4 Å². The van der Waals surface area contributed by atoms with E-state index in [1.807, 2.05) is 57.2 Å². The Morgan fingerprint density at radius 1 is 1.21 bits per heavy atom. The van der Waals surface area contributed by atoms with Gasteiger partial charge in [0, 0.05) is 12.7 Å². The average Bonchev–Trinajstić information content (AvgIpc) is 2.27. The summed E-state index contributed by atoms with van der Waals surface area (Å²) in [7, 11) is 0. The molecule has 19 heavy (non-hydrogen) atoms. The van der Waals surface area contributed by atoms with Crippen LogP contribution in [0.25, 0.3) is 12.2 Å². The predicted molar refractivity (Wildman–Crippen MR) is 76.7 cm³/mol. The van der Waals surface area contributed by atoms with Crippen molar-refractivity contribution in [2.75, 3.05) is 6.54 Å². The first kappa shape index (κ1) is 13.4. The second-order valence-electron chi connectivity index (χ2n) is 5.47. The van der Waals surface area contributed by atoms with Crippen molar-refractivity contribution in [3.63, 3.8) is 0 Å². The summed E-state index contributed by atoms with van der Waals surface area (Å²) in [6.07, 6.45) is 7.31. The van der Waals surface area contributed by atoms with Gasteiger partial charge in [-0.2, -0.15) is 0 Å². The number of rotatable bonds is 0. The van der Waals surface area contributed by atoms with E-state index in [9.17, 15) is 4.79 Å². The maximum Gasteiger partial charge on any atom is 0.414 e. The van der Waals surface area contributed by atoms with Gasteiger partial charge in [0.25, 0.3) is 0 Å². The summed E-state index contributed by atoms with van der Waals surface area (Å²) in [6.45, 7) is 6.10. The Morgan fingerprint density at radius 2 is 1.89 bits per heavy atom. The number of hydrogen-bond donors (Lipinski definition) is 0. The van der Waals surface area contributed by atoms with Gasteiger partial charge in [-0.05, 0) is 37.3 Å². The Balaban J connectivity index is 2.24. The lowest BCUT2D eigenvalue weighted by molar-refractivity contribution is 0.0356. The van der Waals surface area contributed by atoms with Gasteiger partial charge in [0.2, 0.25) is 0 Å². The lowest BCUT2D eigenvalue weighted by Gasteiger charge is -2.24. The molecular formula is C16H19NO2. The van der Waals surface area contributed by atoms with E-state index >= 15 is 0 Å². The van der Waals surface area contributed by atoms with Crippen molar-refractivity contribution in [2.45, 2.75) is 26.4 Å². The summed E-state index contributed by atoms with van der Waals surface area (Å²) in [5.41, 5.74) is -0.477. The minimum Gasteiger partial charge on any atom is -0.443 e. The van der Waals surface area contributed by atoms with Crippen molar-refractivity contribution >= 4 is 18.2 Å². The first-order valence-corrected chi connectivity index (χ1v) is 6.39. The normalized spacial score (nSPS) is 14.6. The Morgan fingerprint density at radius 3 is 2.58 bits per heavy atom. The highest BCUT2D eigenvalue weighted by atomic mass is 16.6. The zero-order valence-corrected chi connectivity index (χ0v) is 11.6. The third kappa shape index (κ3) is 3.71. The van der Waals surface area contributed by atoms with Gasteiger partial charge >= 0.3 is 6.09 Å². The number of carbonyl (C=O) groups is 1. The van der Waals surface area contributed by atoms with E-state index in [4.69, 9.17) is 4.74 Å². The fraction of sp³-hybridized carbons (Fsp3) is 0.312. The van der Waals surface area contributed by atoms with E-state index in [0.29, 0.717) is 6.54 Å². The highest BCUT2D eigenvalue weighted by Gasteiger charge is 2.20. The Labute approximate surface area is 113 Å². The molecule has 0 N–H and O–H groups in total. The smallest absolute Gasteiger partial charge is 0.414 e. The van der Waals surface area contributed by atoms with Crippen LogP contribution >= 0.6 is 0 Å². The third-order valence-corrected chi connectivity index (χ3v) is 2.67. The standard InChI is InChI=1S/C16H19NO2/c1-16(2,3)19-15(18)17-11-6-9-13-7-4-5-8-14(13)10-12-17/h4-11H,12H2,1-3H3. The number of nitrogens with zero attached hydrogens (tertiary/aromatic N) is 1. The molecule has 100 valence electrons. The van der Waals surface area contributed by atoms with Crippen molar-refractivity contribution < 1.29 is 9.53 Å². The van der Waals surface area contributed by atoms with E-state index in [-0.39, 0.29) is 6.09 Å². The van der Waals surface area contributed by atoms with Crippen molar-refractivity contribution in [3.05, 3.63) is 47.0 Å². The molecule has 2 rings (SSSR count). The minimum atomic E-state index is -0.477. The molecule has 0 fully saturated rings. The van der Waals surface area contributed by atoms with Crippen LogP contribution in [0.15, 0.2) is 36.5 Å². The predicted octanol–water partition coefficient (Wildman–Crippen LogP) is 2.01. The van der Waals surface area contributed by atoms with Crippen LogP contribution in [0.4, 0.5) is 4.79 Å². The van der Waals surface area contributed by atoms with Gasteiger partial charge in [-0.25, -0.2) is 4.79 Å². The van der Waals surface area contributed by atoms with Crippen LogP contribution in [-0.4, -0.2) is 23.1 Å². The molecule has 1 aromatic rings. The largest absolute Gasteiger partial charge is 0.443 e. The van der Waals surface area contributed by atoms with Gasteiger partial charge in [0.1, 0.15) is 5.60 Å². The molecule has 1 amide bonds. The number of benzene rings is 1. The molecular weight excluding hydrogens is 238 g/mol. The van der Waals surface area contributed by atoms with Crippen LogP contribution in [-0.2, 0) is 4.74 Å². The number of ether oxygens (including phenoxy) is 1. The molecule has 0 saturated heterocycles. The van der Waals surface area contributed by atoms with Crippen molar-refractivity contribution in [1.29, 1.82) is 0 Å². The lowest BCUT2D eigenvalue weighted by atomic mass is 10.2. The van der Waals surface area contributed by atoms with Crippen LogP contribution in [0, 0.1) is 0 Å². The molecule has 1 heterocycles. The Kier molecular flexibility index (Phi) is 3.74. The summed E-state index contributed by atoms with van der Waals surface area (Å²) in [6, 6.07) is 8.09. The first-order valence-electron chi connectivity index (χ1n) is 6.39. The number of amides is 1. The average molecular weight is 257 g/mol. The molecule has 0 atom stereocenters. The number of fused-ring (bicyclic) bond motifs is 1. The van der Waals surface area contributed by atoms with Gasteiger partial charge in [-0.1, -0.05) is 36.4 Å².